The Hall–Kier alpha value is -2.74. The van der Waals surface area contributed by atoms with Gasteiger partial charge in [0, 0.05) is 26.1 Å². The van der Waals surface area contributed by atoms with Gasteiger partial charge in [0.25, 0.3) is 0 Å². The molecule has 0 bridgehead atoms. The highest BCUT2D eigenvalue weighted by molar-refractivity contribution is 5.85. The molecule has 2 aliphatic rings. The summed E-state index contributed by atoms with van der Waals surface area (Å²) in [5, 5.41) is 8.87. The molecule has 4 rings (SSSR count). The number of rotatable bonds is 8. The normalized spacial score (nSPS) is 20.7. The lowest BCUT2D eigenvalue weighted by molar-refractivity contribution is -0.137. The van der Waals surface area contributed by atoms with Crippen LogP contribution in [0.5, 0.6) is 5.75 Å². The fourth-order valence-corrected chi connectivity index (χ4v) is 3.49. The van der Waals surface area contributed by atoms with Crippen molar-refractivity contribution >= 4 is 18.4 Å². The second-order valence-corrected chi connectivity index (χ2v) is 7.28. The molecule has 0 aromatic heterocycles. The van der Waals surface area contributed by atoms with Gasteiger partial charge in [-0.3, -0.25) is 9.69 Å². The highest BCUT2D eigenvalue weighted by Gasteiger charge is 2.24. The molecule has 2 heterocycles. The van der Waals surface area contributed by atoms with Gasteiger partial charge in [0.1, 0.15) is 5.75 Å². The summed E-state index contributed by atoms with van der Waals surface area (Å²) in [6.45, 7) is 2.55. The molecule has 7 nitrogen and oxygen atoms in total. The van der Waals surface area contributed by atoms with Crippen molar-refractivity contribution in [3.63, 3.8) is 0 Å². The topological polar surface area (TPSA) is 77.5 Å². The number of carboxylic acids is 1. The maximum Gasteiger partial charge on any atom is 0.324 e. The van der Waals surface area contributed by atoms with Crippen LogP contribution in [0.2, 0.25) is 0 Å². The number of carboxylic acid groups (broad SMARTS) is 1. The summed E-state index contributed by atoms with van der Waals surface area (Å²) >= 11 is 0. The van der Waals surface area contributed by atoms with E-state index in [1.807, 2.05) is 54.6 Å². The molecule has 0 saturated carbocycles. The standard InChI is InChI=1S/C23H25NO6.ClH/c25-21(26)10-11-24-12-13-27-20(15-24)18-6-8-19(9-7-18)29-23-16-28-22(30-23)14-17-4-2-1-3-5-17;/h1-9,16,20,22H,10-15H2,(H,25,26);1H. The molecule has 2 aliphatic heterocycles. The van der Waals surface area contributed by atoms with E-state index in [0.29, 0.717) is 37.8 Å². The van der Waals surface area contributed by atoms with Gasteiger partial charge in [-0.25, -0.2) is 0 Å². The van der Waals surface area contributed by atoms with E-state index in [4.69, 9.17) is 24.1 Å². The van der Waals surface area contributed by atoms with E-state index < -0.39 is 12.3 Å². The average molecular weight is 448 g/mol. The average Bonchev–Trinajstić information content (AvgIpc) is 3.20. The Morgan fingerprint density at radius 3 is 2.65 bits per heavy atom. The van der Waals surface area contributed by atoms with Gasteiger partial charge in [-0.2, -0.15) is 0 Å². The number of halogens is 1. The number of carbonyl (C=O) groups is 1. The third kappa shape index (κ3) is 6.62. The molecule has 1 N–H and O–H groups in total. The smallest absolute Gasteiger partial charge is 0.324 e. The molecule has 2 aromatic rings. The minimum absolute atomic E-state index is 0. The molecule has 166 valence electrons. The van der Waals surface area contributed by atoms with Gasteiger partial charge in [0.15, 0.2) is 6.26 Å². The highest BCUT2D eigenvalue weighted by Crippen LogP contribution is 2.27. The van der Waals surface area contributed by atoms with E-state index in [1.54, 1.807) is 0 Å². The maximum atomic E-state index is 10.8. The van der Waals surface area contributed by atoms with E-state index in [9.17, 15) is 4.79 Å². The Bertz CT molecular complexity index is 873. The van der Waals surface area contributed by atoms with Crippen molar-refractivity contribution in [2.24, 2.45) is 0 Å². The molecule has 8 heteroatoms. The molecule has 2 atom stereocenters. The molecular weight excluding hydrogens is 422 g/mol. The monoisotopic (exact) mass is 447 g/mol. The Morgan fingerprint density at radius 2 is 1.90 bits per heavy atom. The summed E-state index contributed by atoms with van der Waals surface area (Å²) in [6, 6.07) is 17.6. The third-order valence-corrected chi connectivity index (χ3v) is 5.07. The van der Waals surface area contributed by atoms with Crippen LogP contribution in [0.4, 0.5) is 0 Å². The molecule has 0 spiro atoms. The minimum Gasteiger partial charge on any atom is -0.481 e. The first-order chi connectivity index (χ1) is 14.7. The van der Waals surface area contributed by atoms with E-state index in [2.05, 4.69) is 4.90 Å². The van der Waals surface area contributed by atoms with Crippen LogP contribution >= 0.6 is 12.4 Å². The molecule has 31 heavy (non-hydrogen) atoms. The molecule has 2 aromatic carbocycles. The number of hydrogen-bond acceptors (Lipinski definition) is 6. The summed E-state index contributed by atoms with van der Waals surface area (Å²) in [4.78, 5) is 12.9. The van der Waals surface area contributed by atoms with Crippen LogP contribution in [0.25, 0.3) is 0 Å². The van der Waals surface area contributed by atoms with Gasteiger partial charge in [-0.15, -0.1) is 12.4 Å². The summed E-state index contributed by atoms with van der Waals surface area (Å²) in [5.74, 6) is 0.197. The van der Waals surface area contributed by atoms with Crippen molar-refractivity contribution in [2.75, 3.05) is 26.2 Å². The predicted molar refractivity (Wildman–Crippen MR) is 116 cm³/mol. The van der Waals surface area contributed by atoms with Gasteiger partial charge in [0.2, 0.25) is 6.29 Å². The van der Waals surface area contributed by atoms with Crippen molar-refractivity contribution in [3.05, 3.63) is 77.9 Å². The van der Waals surface area contributed by atoms with Crippen molar-refractivity contribution < 1.29 is 28.8 Å². The maximum absolute atomic E-state index is 10.8. The van der Waals surface area contributed by atoms with Crippen LogP contribution in [-0.4, -0.2) is 48.5 Å². The van der Waals surface area contributed by atoms with Crippen LogP contribution in [0.1, 0.15) is 23.7 Å². The number of hydrogen-bond donors (Lipinski definition) is 1. The number of benzene rings is 2. The summed E-state index contributed by atoms with van der Waals surface area (Å²) in [7, 11) is 0. The highest BCUT2D eigenvalue weighted by atomic mass is 35.5. The van der Waals surface area contributed by atoms with Crippen LogP contribution in [0.15, 0.2) is 66.8 Å². The first-order valence-electron chi connectivity index (χ1n) is 10.1. The van der Waals surface area contributed by atoms with Crippen molar-refractivity contribution in [2.45, 2.75) is 25.2 Å². The van der Waals surface area contributed by atoms with E-state index in [1.165, 1.54) is 6.26 Å². The zero-order valence-corrected chi connectivity index (χ0v) is 17.8. The molecule has 1 fully saturated rings. The van der Waals surface area contributed by atoms with Crippen molar-refractivity contribution in [1.82, 2.24) is 4.90 Å². The molecule has 0 amide bonds. The Kier molecular flexibility index (Phi) is 8.17. The zero-order valence-electron chi connectivity index (χ0n) is 17.0. The van der Waals surface area contributed by atoms with Crippen LogP contribution in [0.3, 0.4) is 0 Å². The molecular formula is C23H26ClNO6. The van der Waals surface area contributed by atoms with E-state index in [0.717, 1.165) is 17.7 Å². The summed E-state index contributed by atoms with van der Waals surface area (Å²) < 4.78 is 22.9. The number of ether oxygens (including phenoxy) is 4. The SMILES string of the molecule is Cl.O=C(O)CCN1CCOC(c2ccc(OC3=COC(Cc4ccccc4)O3)cc2)C1. The van der Waals surface area contributed by atoms with E-state index in [-0.39, 0.29) is 24.9 Å². The quantitative estimate of drug-likeness (QED) is 0.660. The lowest BCUT2D eigenvalue weighted by Gasteiger charge is -2.32. The van der Waals surface area contributed by atoms with Gasteiger partial charge < -0.3 is 24.1 Å². The lowest BCUT2D eigenvalue weighted by atomic mass is 10.1. The van der Waals surface area contributed by atoms with Crippen LogP contribution < -0.4 is 4.74 Å². The Labute approximate surface area is 187 Å². The first kappa shape index (κ1) is 22.9. The molecule has 0 aliphatic carbocycles. The van der Waals surface area contributed by atoms with E-state index >= 15 is 0 Å². The Morgan fingerprint density at radius 1 is 1.13 bits per heavy atom. The van der Waals surface area contributed by atoms with Gasteiger partial charge >= 0.3 is 11.9 Å². The zero-order chi connectivity index (χ0) is 20.8. The van der Waals surface area contributed by atoms with Crippen molar-refractivity contribution in [1.29, 1.82) is 0 Å². The van der Waals surface area contributed by atoms with Gasteiger partial charge in [0.05, 0.1) is 19.1 Å². The summed E-state index contributed by atoms with van der Waals surface area (Å²) in [5.41, 5.74) is 2.16. The number of morpholine rings is 1. The van der Waals surface area contributed by atoms with Crippen LogP contribution in [0, 0.1) is 0 Å². The first-order valence-corrected chi connectivity index (χ1v) is 10.1. The second kappa shape index (κ2) is 11.0. The third-order valence-electron chi connectivity index (χ3n) is 5.07. The van der Waals surface area contributed by atoms with Gasteiger partial charge in [-0.05, 0) is 23.3 Å². The molecule has 0 radical (unpaired) electrons. The number of aliphatic carboxylic acids is 1. The van der Waals surface area contributed by atoms with Gasteiger partial charge in [-0.1, -0.05) is 42.5 Å². The van der Waals surface area contributed by atoms with Crippen LogP contribution in [-0.2, 0) is 25.4 Å². The minimum atomic E-state index is -0.780. The number of nitrogens with zero attached hydrogens (tertiary/aromatic N) is 1. The largest absolute Gasteiger partial charge is 0.481 e. The van der Waals surface area contributed by atoms with Crippen molar-refractivity contribution in [3.8, 4) is 5.75 Å². The summed E-state index contributed by atoms with van der Waals surface area (Å²) in [6.07, 6.45) is 1.80. The fourth-order valence-electron chi connectivity index (χ4n) is 3.49. The predicted octanol–water partition coefficient (Wildman–Crippen LogP) is 3.75. The fraction of sp³-hybridized carbons (Fsp3) is 0.348. The molecule has 1 saturated heterocycles. The lowest BCUT2D eigenvalue weighted by Crippen LogP contribution is -2.39. The molecule has 2 unspecified atom stereocenters. The second-order valence-electron chi connectivity index (χ2n) is 7.28. The Balaban J connectivity index is 0.00000272.